The van der Waals surface area contributed by atoms with Crippen molar-refractivity contribution in [3.63, 3.8) is 0 Å². The summed E-state index contributed by atoms with van der Waals surface area (Å²) in [5.74, 6) is 3.08. The first-order chi connectivity index (χ1) is 14.1. The quantitative estimate of drug-likeness (QED) is 0.590. The number of ether oxygens (including phenoxy) is 3. The third kappa shape index (κ3) is 7.13. The summed E-state index contributed by atoms with van der Waals surface area (Å²) in [7, 11) is 1.56. The number of amides is 1. The molecule has 0 aliphatic rings. The van der Waals surface area contributed by atoms with E-state index in [1.54, 1.807) is 25.3 Å². The molecule has 1 atom stereocenters. The number of halogens is 1. The lowest BCUT2D eigenvalue weighted by Crippen LogP contribution is -2.38. The zero-order chi connectivity index (χ0) is 21.1. The lowest BCUT2D eigenvalue weighted by atomic mass is 10.1. The second-order valence-corrected chi connectivity index (χ2v) is 6.29. The van der Waals surface area contributed by atoms with Gasteiger partial charge in [-0.3, -0.25) is 4.79 Å². The van der Waals surface area contributed by atoms with E-state index in [2.05, 4.69) is 11.2 Å². The Bertz CT molecular complexity index is 830. The molecular formula is C23H26FNO4. The molecule has 0 fully saturated rings. The lowest BCUT2D eigenvalue weighted by Gasteiger charge is -2.17. The molecule has 0 bridgehead atoms. The number of benzene rings is 2. The minimum Gasteiger partial charge on any atom is -0.493 e. The van der Waals surface area contributed by atoms with Crippen LogP contribution in [0.4, 0.5) is 4.39 Å². The van der Waals surface area contributed by atoms with Crippen LogP contribution in [0.1, 0.15) is 18.1 Å². The standard InChI is InChI=1S/C23H26FNO4/c1-4-14-29-20-11-8-18(15-21(20)27-3)12-13-25-23(26)22(28-5-2)16-17-6-9-19(24)10-7-17/h1,6-11,15,22H,5,12-14,16H2,2-3H3,(H,25,26). The van der Waals surface area contributed by atoms with Crippen molar-refractivity contribution >= 4 is 5.91 Å². The number of carbonyl (C=O) groups excluding carboxylic acids is 1. The Morgan fingerprint density at radius 2 is 1.90 bits per heavy atom. The molecular weight excluding hydrogens is 373 g/mol. The summed E-state index contributed by atoms with van der Waals surface area (Å²) in [4.78, 5) is 12.5. The van der Waals surface area contributed by atoms with E-state index in [-0.39, 0.29) is 18.3 Å². The predicted molar refractivity (Wildman–Crippen MR) is 110 cm³/mol. The van der Waals surface area contributed by atoms with Crippen LogP contribution in [0.15, 0.2) is 42.5 Å². The van der Waals surface area contributed by atoms with Gasteiger partial charge in [0.1, 0.15) is 18.5 Å². The van der Waals surface area contributed by atoms with Crippen molar-refractivity contribution in [3.8, 4) is 23.8 Å². The van der Waals surface area contributed by atoms with E-state index in [9.17, 15) is 9.18 Å². The highest BCUT2D eigenvalue weighted by Crippen LogP contribution is 2.28. The molecule has 1 amide bonds. The highest BCUT2D eigenvalue weighted by molar-refractivity contribution is 5.81. The Labute approximate surface area is 171 Å². The Balaban J connectivity index is 1.90. The van der Waals surface area contributed by atoms with Gasteiger partial charge in [-0.15, -0.1) is 6.42 Å². The van der Waals surface area contributed by atoms with Gasteiger partial charge in [-0.2, -0.15) is 0 Å². The first-order valence-electron chi connectivity index (χ1n) is 9.44. The molecule has 0 aromatic heterocycles. The molecule has 5 nitrogen and oxygen atoms in total. The summed E-state index contributed by atoms with van der Waals surface area (Å²) in [6, 6.07) is 11.6. The highest BCUT2D eigenvalue weighted by Gasteiger charge is 2.19. The average Bonchev–Trinajstić information content (AvgIpc) is 2.73. The molecule has 2 aromatic rings. The van der Waals surface area contributed by atoms with Gasteiger partial charge in [0.25, 0.3) is 0 Å². The summed E-state index contributed by atoms with van der Waals surface area (Å²) in [5, 5.41) is 2.90. The number of terminal acetylenes is 1. The fourth-order valence-corrected chi connectivity index (χ4v) is 2.81. The van der Waals surface area contributed by atoms with Crippen molar-refractivity contribution in [1.82, 2.24) is 5.32 Å². The van der Waals surface area contributed by atoms with E-state index in [0.717, 1.165) is 11.1 Å². The zero-order valence-corrected chi connectivity index (χ0v) is 16.7. The molecule has 0 spiro atoms. The molecule has 2 rings (SSSR count). The number of rotatable bonds is 11. The van der Waals surface area contributed by atoms with Gasteiger partial charge < -0.3 is 19.5 Å². The molecule has 2 aromatic carbocycles. The van der Waals surface area contributed by atoms with Gasteiger partial charge in [0, 0.05) is 19.6 Å². The largest absolute Gasteiger partial charge is 0.493 e. The molecule has 1 N–H and O–H groups in total. The molecule has 154 valence electrons. The van der Waals surface area contributed by atoms with E-state index >= 15 is 0 Å². The van der Waals surface area contributed by atoms with E-state index in [1.165, 1.54) is 12.1 Å². The Morgan fingerprint density at radius 3 is 2.55 bits per heavy atom. The number of carbonyl (C=O) groups is 1. The second kappa shape index (κ2) is 11.7. The average molecular weight is 399 g/mol. The van der Waals surface area contributed by atoms with Gasteiger partial charge in [0.2, 0.25) is 5.91 Å². The molecule has 0 saturated heterocycles. The number of hydrogen-bond donors (Lipinski definition) is 1. The topological polar surface area (TPSA) is 56.8 Å². The van der Waals surface area contributed by atoms with Crippen LogP contribution in [0.25, 0.3) is 0 Å². The van der Waals surface area contributed by atoms with Crippen LogP contribution in [-0.2, 0) is 22.4 Å². The second-order valence-electron chi connectivity index (χ2n) is 6.29. The molecule has 29 heavy (non-hydrogen) atoms. The van der Waals surface area contributed by atoms with Crippen molar-refractivity contribution in [2.24, 2.45) is 0 Å². The first-order valence-corrected chi connectivity index (χ1v) is 9.44. The van der Waals surface area contributed by atoms with Crippen LogP contribution in [0.2, 0.25) is 0 Å². The van der Waals surface area contributed by atoms with Crippen LogP contribution in [0.3, 0.4) is 0 Å². The maximum Gasteiger partial charge on any atom is 0.249 e. The fraction of sp³-hybridized carbons (Fsp3) is 0.348. The minimum atomic E-state index is -0.625. The normalized spacial score (nSPS) is 11.4. The third-order valence-corrected chi connectivity index (χ3v) is 4.25. The molecule has 1 unspecified atom stereocenters. The SMILES string of the molecule is C#CCOc1ccc(CCNC(=O)C(Cc2ccc(F)cc2)OCC)cc1OC. The molecule has 6 heteroatoms. The maximum atomic E-state index is 13.1. The van der Waals surface area contributed by atoms with Crippen LogP contribution >= 0.6 is 0 Å². The molecule has 0 radical (unpaired) electrons. The Hall–Kier alpha value is -3.04. The molecule has 0 aliphatic carbocycles. The van der Waals surface area contributed by atoms with Crippen molar-refractivity contribution in [2.45, 2.75) is 25.9 Å². The number of hydrogen-bond acceptors (Lipinski definition) is 4. The summed E-state index contributed by atoms with van der Waals surface area (Å²) in [5.41, 5.74) is 1.83. The van der Waals surface area contributed by atoms with Crippen molar-refractivity contribution in [2.75, 3.05) is 26.9 Å². The number of methoxy groups -OCH3 is 1. The van der Waals surface area contributed by atoms with Gasteiger partial charge in [-0.1, -0.05) is 24.1 Å². The number of nitrogens with one attached hydrogen (secondary N) is 1. The van der Waals surface area contributed by atoms with Gasteiger partial charge in [-0.05, 0) is 48.7 Å². The minimum absolute atomic E-state index is 0.165. The van der Waals surface area contributed by atoms with E-state index in [0.29, 0.717) is 37.5 Å². The molecule has 0 aliphatic heterocycles. The van der Waals surface area contributed by atoms with E-state index in [4.69, 9.17) is 20.6 Å². The van der Waals surface area contributed by atoms with Crippen molar-refractivity contribution in [3.05, 3.63) is 59.4 Å². The Kier molecular flexibility index (Phi) is 9.00. The van der Waals surface area contributed by atoms with Crippen LogP contribution < -0.4 is 14.8 Å². The summed E-state index contributed by atoms with van der Waals surface area (Å²) < 4.78 is 29.4. The van der Waals surface area contributed by atoms with Crippen molar-refractivity contribution < 1.29 is 23.4 Å². The highest BCUT2D eigenvalue weighted by atomic mass is 19.1. The van der Waals surface area contributed by atoms with Crippen LogP contribution in [-0.4, -0.2) is 38.9 Å². The van der Waals surface area contributed by atoms with E-state index in [1.807, 2.05) is 19.1 Å². The molecule has 0 heterocycles. The van der Waals surface area contributed by atoms with Gasteiger partial charge in [0.15, 0.2) is 11.5 Å². The maximum absolute atomic E-state index is 13.1. The van der Waals surface area contributed by atoms with Crippen LogP contribution in [0.5, 0.6) is 11.5 Å². The summed E-state index contributed by atoms with van der Waals surface area (Å²) in [6.45, 7) is 2.86. The van der Waals surface area contributed by atoms with Crippen LogP contribution in [0, 0.1) is 18.2 Å². The smallest absolute Gasteiger partial charge is 0.249 e. The molecule has 0 saturated carbocycles. The summed E-state index contributed by atoms with van der Waals surface area (Å²) in [6.07, 6.45) is 5.59. The van der Waals surface area contributed by atoms with Crippen molar-refractivity contribution in [1.29, 1.82) is 0 Å². The van der Waals surface area contributed by atoms with Gasteiger partial charge in [-0.25, -0.2) is 4.39 Å². The predicted octanol–water partition coefficient (Wildman–Crippen LogP) is 3.15. The Morgan fingerprint density at radius 1 is 1.17 bits per heavy atom. The monoisotopic (exact) mass is 399 g/mol. The zero-order valence-electron chi connectivity index (χ0n) is 16.7. The summed E-state index contributed by atoms with van der Waals surface area (Å²) >= 11 is 0. The third-order valence-electron chi connectivity index (χ3n) is 4.25. The van der Waals surface area contributed by atoms with Gasteiger partial charge in [0.05, 0.1) is 7.11 Å². The fourth-order valence-electron chi connectivity index (χ4n) is 2.81. The first kappa shape index (κ1) is 22.3. The van der Waals surface area contributed by atoms with Gasteiger partial charge >= 0.3 is 0 Å². The lowest BCUT2D eigenvalue weighted by molar-refractivity contribution is -0.132. The van der Waals surface area contributed by atoms with E-state index < -0.39 is 6.10 Å².